The summed E-state index contributed by atoms with van der Waals surface area (Å²) >= 11 is 0. The van der Waals surface area contributed by atoms with Gasteiger partial charge in [-0.25, -0.2) is 4.98 Å². The molecule has 1 aliphatic carbocycles. The van der Waals surface area contributed by atoms with Crippen LogP contribution < -0.4 is 0 Å². The van der Waals surface area contributed by atoms with Gasteiger partial charge in [-0.15, -0.1) is 0 Å². The molecule has 3 heterocycles. The maximum absolute atomic E-state index is 12.6. The van der Waals surface area contributed by atoms with Crippen molar-refractivity contribution in [3.05, 3.63) is 48.3 Å². The zero-order valence-electron chi connectivity index (χ0n) is 14.7. The minimum absolute atomic E-state index is 0.266. The maximum atomic E-state index is 12.6. The number of likely N-dealkylation sites (tertiary alicyclic amines) is 1. The Kier molecular flexibility index (Phi) is 4.81. The van der Waals surface area contributed by atoms with Gasteiger partial charge in [0.25, 0.3) is 0 Å². The number of piperidine rings is 1. The van der Waals surface area contributed by atoms with Gasteiger partial charge in [0.1, 0.15) is 5.82 Å². The van der Waals surface area contributed by atoms with Crippen molar-refractivity contribution in [1.29, 1.82) is 0 Å². The Morgan fingerprint density at radius 1 is 1.16 bits per heavy atom. The van der Waals surface area contributed by atoms with E-state index in [1.54, 1.807) is 12.4 Å². The summed E-state index contributed by atoms with van der Waals surface area (Å²) in [6.45, 7) is 2.80. The molecule has 1 amide bonds. The number of aryl methyl sites for hydroxylation is 1. The molecule has 1 aliphatic heterocycles. The molecule has 1 saturated heterocycles. The van der Waals surface area contributed by atoms with Crippen molar-refractivity contribution in [2.75, 3.05) is 13.1 Å². The summed E-state index contributed by atoms with van der Waals surface area (Å²) in [5.41, 5.74) is 1.18. The molecule has 0 spiro atoms. The van der Waals surface area contributed by atoms with Gasteiger partial charge in [-0.3, -0.25) is 9.78 Å². The van der Waals surface area contributed by atoms with E-state index in [0.29, 0.717) is 12.3 Å². The first kappa shape index (κ1) is 16.3. The molecule has 0 aromatic carbocycles. The SMILES string of the molecule is O=C(CCc1ccncc1)N1CCCC(c2nccn2CC2CC2)C1. The number of imidazole rings is 1. The Bertz CT molecular complexity index is 707. The van der Waals surface area contributed by atoms with Crippen molar-refractivity contribution >= 4 is 5.91 Å². The van der Waals surface area contributed by atoms with Crippen LogP contribution in [0.2, 0.25) is 0 Å². The van der Waals surface area contributed by atoms with Crippen LogP contribution in [0, 0.1) is 5.92 Å². The number of carbonyl (C=O) groups is 1. The van der Waals surface area contributed by atoms with Crippen LogP contribution in [0.3, 0.4) is 0 Å². The van der Waals surface area contributed by atoms with E-state index in [0.717, 1.165) is 44.8 Å². The quantitative estimate of drug-likeness (QED) is 0.813. The molecule has 1 saturated carbocycles. The number of amides is 1. The van der Waals surface area contributed by atoms with Gasteiger partial charge in [-0.1, -0.05) is 0 Å². The summed E-state index contributed by atoms with van der Waals surface area (Å²) in [6, 6.07) is 3.97. The van der Waals surface area contributed by atoms with Gasteiger partial charge in [0, 0.05) is 56.8 Å². The average molecular weight is 338 g/mol. The van der Waals surface area contributed by atoms with Crippen molar-refractivity contribution in [2.24, 2.45) is 5.92 Å². The van der Waals surface area contributed by atoms with Crippen LogP contribution in [0.1, 0.15) is 49.4 Å². The second-order valence-corrected chi connectivity index (χ2v) is 7.42. The summed E-state index contributed by atoms with van der Waals surface area (Å²) in [4.78, 5) is 23.3. The summed E-state index contributed by atoms with van der Waals surface area (Å²) < 4.78 is 2.33. The fraction of sp³-hybridized carbons (Fsp3) is 0.550. The third-order valence-electron chi connectivity index (χ3n) is 5.42. The van der Waals surface area contributed by atoms with Crippen LogP contribution in [0.25, 0.3) is 0 Å². The van der Waals surface area contributed by atoms with E-state index in [9.17, 15) is 4.79 Å². The first-order valence-corrected chi connectivity index (χ1v) is 9.47. The number of aromatic nitrogens is 3. The molecule has 132 valence electrons. The Hall–Kier alpha value is -2.17. The molecule has 4 rings (SSSR count). The zero-order valence-corrected chi connectivity index (χ0v) is 14.7. The van der Waals surface area contributed by atoms with E-state index in [-0.39, 0.29) is 5.91 Å². The third kappa shape index (κ3) is 4.09. The minimum Gasteiger partial charge on any atom is -0.342 e. The molecule has 1 atom stereocenters. The van der Waals surface area contributed by atoms with Gasteiger partial charge in [0.15, 0.2) is 0 Å². The van der Waals surface area contributed by atoms with Crippen LogP contribution in [-0.4, -0.2) is 38.4 Å². The lowest BCUT2D eigenvalue weighted by Gasteiger charge is -2.33. The van der Waals surface area contributed by atoms with Crippen molar-refractivity contribution in [2.45, 2.75) is 51.0 Å². The molecule has 2 aromatic heterocycles. The lowest BCUT2D eigenvalue weighted by molar-refractivity contribution is -0.132. The molecule has 2 aliphatic rings. The molecule has 5 nitrogen and oxygen atoms in total. The van der Waals surface area contributed by atoms with Crippen LogP contribution in [0.5, 0.6) is 0 Å². The Morgan fingerprint density at radius 2 is 2.00 bits per heavy atom. The molecule has 0 radical (unpaired) electrons. The summed E-state index contributed by atoms with van der Waals surface area (Å²) in [5.74, 6) is 2.67. The molecule has 2 fully saturated rings. The first-order valence-electron chi connectivity index (χ1n) is 9.47. The molecular weight excluding hydrogens is 312 g/mol. The van der Waals surface area contributed by atoms with Gasteiger partial charge in [-0.05, 0) is 55.7 Å². The van der Waals surface area contributed by atoms with E-state index >= 15 is 0 Å². The Morgan fingerprint density at radius 3 is 2.80 bits per heavy atom. The number of hydrogen-bond acceptors (Lipinski definition) is 3. The summed E-state index contributed by atoms with van der Waals surface area (Å²) in [7, 11) is 0. The fourth-order valence-electron chi connectivity index (χ4n) is 3.79. The van der Waals surface area contributed by atoms with Crippen LogP contribution in [0.4, 0.5) is 0 Å². The highest BCUT2D eigenvalue weighted by molar-refractivity contribution is 5.76. The zero-order chi connectivity index (χ0) is 17.1. The largest absolute Gasteiger partial charge is 0.342 e. The number of pyridine rings is 1. The molecule has 25 heavy (non-hydrogen) atoms. The van der Waals surface area contributed by atoms with Gasteiger partial charge in [-0.2, -0.15) is 0 Å². The van der Waals surface area contributed by atoms with Crippen molar-refractivity contribution in [1.82, 2.24) is 19.4 Å². The average Bonchev–Trinajstić information content (AvgIpc) is 3.35. The first-order chi connectivity index (χ1) is 12.3. The number of rotatable bonds is 6. The van der Waals surface area contributed by atoms with Crippen LogP contribution in [-0.2, 0) is 17.8 Å². The third-order valence-corrected chi connectivity index (χ3v) is 5.42. The van der Waals surface area contributed by atoms with Crippen molar-refractivity contribution in [3.8, 4) is 0 Å². The van der Waals surface area contributed by atoms with E-state index < -0.39 is 0 Å². The van der Waals surface area contributed by atoms with Gasteiger partial charge in [0.05, 0.1) is 0 Å². The highest BCUT2D eigenvalue weighted by Gasteiger charge is 2.29. The lowest BCUT2D eigenvalue weighted by Crippen LogP contribution is -2.39. The normalized spacial score (nSPS) is 20.6. The van der Waals surface area contributed by atoms with Crippen molar-refractivity contribution in [3.63, 3.8) is 0 Å². The van der Waals surface area contributed by atoms with Gasteiger partial charge in [0.2, 0.25) is 5.91 Å². The molecule has 5 heteroatoms. The number of hydrogen-bond donors (Lipinski definition) is 0. The maximum Gasteiger partial charge on any atom is 0.222 e. The highest BCUT2D eigenvalue weighted by Crippen LogP contribution is 2.33. The summed E-state index contributed by atoms with van der Waals surface area (Å²) in [5, 5.41) is 0. The Labute approximate surface area is 149 Å². The van der Waals surface area contributed by atoms with E-state index in [1.165, 1.54) is 24.2 Å². The van der Waals surface area contributed by atoms with Crippen molar-refractivity contribution < 1.29 is 4.79 Å². The predicted molar refractivity (Wildman–Crippen MR) is 96.1 cm³/mol. The van der Waals surface area contributed by atoms with Gasteiger partial charge >= 0.3 is 0 Å². The Balaban J connectivity index is 1.35. The standard InChI is InChI=1S/C20H26N4O/c25-19(6-5-16-7-9-21-10-8-16)23-12-1-2-18(15-23)20-22-11-13-24(20)14-17-3-4-17/h7-11,13,17-18H,1-6,12,14-15H2. The van der Waals surface area contributed by atoms with Crippen LogP contribution in [0.15, 0.2) is 36.9 Å². The second-order valence-electron chi connectivity index (χ2n) is 7.42. The number of nitrogens with zero attached hydrogens (tertiary/aromatic N) is 4. The van der Waals surface area contributed by atoms with E-state index in [2.05, 4.69) is 20.7 Å². The monoisotopic (exact) mass is 338 g/mol. The van der Waals surface area contributed by atoms with Crippen LogP contribution >= 0.6 is 0 Å². The minimum atomic E-state index is 0.266. The van der Waals surface area contributed by atoms with Gasteiger partial charge < -0.3 is 9.47 Å². The molecule has 1 unspecified atom stereocenters. The molecule has 0 N–H and O–H groups in total. The highest BCUT2D eigenvalue weighted by atomic mass is 16.2. The second kappa shape index (κ2) is 7.38. The lowest BCUT2D eigenvalue weighted by atomic mass is 9.96. The molecular formula is C20H26N4O. The predicted octanol–water partition coefficient (Wildman–Crippen LogP) is 3.03. The number of carbonyl (C=O) groups excluding carboxylic acids is 1. The van der Waals surface area contributed by atoms with E-state index in [4.69, 9.17) is 0 Å². The smallest absolute Gasteiger partial charge is 0.222 e. The topological polar surface area (TPSA) is 51.0 Å². The molecule has 0 bridgehead atoms. The fourth-order valence-corrected chi connectivity index (χ4v) is 3.79. The van der Waals surface area contributed by atoms with E-state index in [1.807, 2.05) is 23.2 Å². The summed E-state index contributed by atoms with van der Waals surface area (Å²) in [6.07, 6.45) is 13.9. The molecule has 2 aromatic rings.